The number of sulfonamides is 1. The summed E-state index contributed by atoms with van der Waals surface area (Å²) in [5, 5.41) is 8.48. The highest BCUT2D eigenvalue weighted by Gasteiger charge is 2.38. The lowest BCUT2D eigenvalue weighted by atomic mass is 9.96. The van der Waals surface area contributed by atoms with E-state index >= 15 is 0 Å². The highest BCUT2D eigenvalue weighted by atomic mass is 32.2. The first-order valence-electron chi connectivity index (χ1n) is 14.5. The fourth-order valence-corrected chi connectivity index (χ4v) is 6.82. The summed E-state index contributed by atoms with van der Waals surface area (Å²) in [5.41, 5.74) is 0.833. The van der Waals surface area contributed by atoms with E-state index in [4.69, 9.17) is 0 Å². The van der Waals surface area contributed by atoms with Gasteiger partial charge < -0.3 is 16.0 Å². The van der Waals surface area contributed by atoms with Crippen LogP contribution in [0.2, 0.25) is 0 Å². The van der Waals surface area contributed by atoms with Gasteiger partial charge in [-0.2, -0.15) is 17.5 Å². The van der Waals surface area contributed by atoms with E-state index in [1.807, 2.05) is 30.3 Å². The van der Waals surface area contributed by atoms with Crippen molar-refractivity contribution in [1.29, 1.82) is 0 Å². The van der Waals surface area contributed by atoms with Gasteiger partial charge in [0.05, 0.1) is 16.5 Å². The third-order valence-electron chi connectivity index (χ3n) is 7.50. The number of anilines is 1. The summed E-state index contributed by atoms with van der Waals surface area (Å²) in [5.74, 6) is -1.07. The van der Waals surface area contributed by atoms with Crippen molar-refractivity contribution in [2.45, 2.75) is 62.3 Å². The molecule has 1 fully saturated rings. The second-order valence-corrected chi connectivity index (χ2v) is 12.7. The molecule has 13 heteroatoms. The number of hydrogen-bond acceptors (Lipinski definition) is 6. The van der Waals surface area contributed by atoms with Crippen molar-refractivity contribution < 1.29 is 36.0 Å². The van der Waals surface area contributed by atoms with Crippen LogP contribution in [-0.2, 0) is 43.5 Å². The third-order valence-corrected chi connectivity index (χ3v) is 9.42. The van der Waals surface area contributed by atoms with Crippen molar-refractivity contribution in [3.05, 3.63) is 95.6 Å². The van der Waals surface area contributed by atoms with E-state index in [2.05, 4.69) is 16.0 Å². The molecule has 3 aromatic rings. The van der Waals surface area contributed by atoms with Gasteiger partial charge in [0.2, 0.25) is 21.8 Å². The van der Waals surface area contributed by atoms with Gasteiger partial charge in [-0.1, -0.05) is 48.5 Å². The molecule has 240 valence electrons. The smallest absolute Gasteiger partial charge is 0.351 e. The summed E-state index contributed by atoms with van der Waals surface area (Å²) in [6.45, 7) is 1.45. The molecular weight excluding hydrogens is 609 g/mol. The average Bonchev–Trinajstić information content (AvgIpc) is 2.99. The maximum atomic E-state index is 13.8. The van der Waals surface area contributed by atoms with Gasteiger partial charge in [0.1, 0.15) is 11.8 Å². The minimum absolute atomic E-state index is 0.0213. The van der Waals surface area contributed by atoms with Gasteiger partial charge in [-0.05, 0) is 60.7 Å². The molecule has 2 unspecified atom stereocenters. The number of hydrogen-bond donors (Lipinski definition) is 3. The highest BCUT2D eigenvalue weighted by Crippen LogP contribution is 2.30. The Balaban J connectivity index is 1.50. The number of benzene rings is 3. The van der Waals surface area contributed by atoms with Crippen molar-refractivity contribution in [2.75, 3.05) is 18.4 Å². The van der Waals surface area contributed by atoms with Crippen LogP contribution in [0.3, 0.4) is 0 Å². The highest BCUT2D eigenvalue weighted by molar-refractivity contribution is 7.89. The number of nitrogens with zero attached hydrogens (tertiary/aromatic N) is 1. The molecule has 45 heavy (non-hydrogen) atoms. The Kier molecular flexibility index (Phi) is 11.1. The molecule has 3 N–H and O–H groups in total. The molecule has 2 amide bonds. The summed E-state index contributed by atoms with van der Waals surface area (Å²) >= 11 is 0. The number of Topliss-reactive ketones (excluding diaryl/α,β-unsaturated/α-hetero) is 1. The SMILES string of the molecule is CC(=O)Nc1ccc(S(=O)(=O)N2CCNC(C(=O)CCc3cccc(C(F)(F)F)c3)CCC2C(=O)NCc2ccccc2)cc1. The van der Waals surface area contributed by atoms with E-state index in [1.54, 1.807) is 0 Å². The maximum Gasteiger partial charge on any atom is 0.416 e. The number of carbonyl (C=O) groups is 3. The van der Waals surface area contributed by atoms with E-state index < -0.39 is 39.8 Å². The Morgan fingerprint density at radius 1 is 0.933 bits per heavy atom. The molecule has 9 nitrogen and oxygen atoms in total. The minimum atomic E-state index is -4.49. The number of ketones is 1. The molecule has 1 saturated heterocycles. The van der Waals surface area contributed by atoms with Crippen LogP contribution in [0.4, 0.5) is 18.9 Å². The zero-order valence-corrected chi connectivity index (χ0v) is 25.5. The van der Waals surface area contributed by atoms with Gasteiger partial charge in [-0.3, -0.25) is 14.4 Å². The summed E-state index contributed by atoms with van der Waals surface area (Å²) in [6, 6.07) is 17.8. The number of nitrogens with one attached hydrogen (secondary N) is 3. The lowest BCUT2D eigenvalue weighted by Crippen LogP contribution is -2.55. The number of amides is 2. The van der Waals surface area contributed by atoms with Crippen LogP contribution >= 0.6 is 0 Å². The second kappa shape index (κ2) is 14.8. The topological polar surface area (TPSA) is 125 Å². The zero-order valence-electron chi connectivity index (χ0n) is 24.6. The van der Waals surface area contributed by atoms with Crippen molar-refractivity contribution in [3.63, 3.8) is 0 Å². The van der Waals surface area contributed by atoms with Crippen molar-refractivity contribution in [2.24, 2.45) is 0 Å². The number of alkyl halides is 3. The predicted molar refractivity (Wildman–Crippen MR) is 163 cm³/mol. The quantitative estimate of drug-likeness (QED) is 0.303. The van der Waals surface area contributed by atoms with Crippen LogP contribution in [0.25, 0.3) is 0 Å². The van der Waals surface area contributed by atoms with Gasteiger partial charge in [0.25, 0.3) is 0 Å². The monoisotopic (exact) mass is 644 g/mol. The lowest BCUT2D eigenvalue weighted by molar-refractivity contribution is -0.137. The number of halogens is 3. The third kappa shape index (κ3) is 9.22. The molecule has 1 aliphatic rings. The van der Waals surface area contributed by atoms with Crippen molar-refractivity contribution >= 4 is 33.3 Å². The van der Waals surface area contributed by atoms with Crippen LogP contribution in [-0.4, -0.2) is 55.5 Å². The maximum absolute atomic E-state index is 13.8. The fourth-order valence-electron chi connectivity index (χ4n) is 5.20. The standard InChI is InChI=1S/C32H35F3N4O5S/c1-22(40)38-26-11-13-27(14-12-26)45(43,44)39-19-18-36-28(15-16-29(39)31(42)37-21-24-6-3-2-4-7-24)30(41)17-10-23-8-5-9-25(20-23)32(33,34)35/h2-9,11-14,20,28-29,36H,10,15-19,21H2,1H3,(H,37,42)(H,38,40). The summed E-state index contributed by atoms with van der Waals surface area (Å²) in [6.07, 6.45) is -4.24. The Labute approximate surface area is 260 Å². The first-order valence-corrected chi connectivity index (χ1v) is 15.9. The molecule has 0 bridgehead atoms. The zero-order chi connectivity index (χ0) is 32.6. The summed E-state index contributed by atoms with van der Waals surface area (Å²) in [4.78, 5) is 38.0. The van der Waals surface area contributed by atoms with E-state index in [0.717, 1.165) is 22.0 Å². The molecule has 0 radical (unpaired) electrons. The molecule has 0 aromatic heterocycles. The molecular formula is C32H35F3N4O5S. The molecule has 1 aliphatic heterocycles. The number of carbonyl (C=O) groups excluding carboxylic acids is 3. The first kappa shape index (κ1) is 33.8. The fraction of sp³-hybridized carbons (Fsp3) is 0.344. The van der Waals surface area contributed by atoms with E-state index in [1.165, 1.54) is 43.3 Å². The molecule has 3 aromatic carbocycles. The van der Waals surface area contributed by atoms with Crippen LogP contribution in [0.1, 0.15) is 42.9 Å². The Hall–Kier alpha value is -4.07. The lowest BCUT2D eigenvalue weighted by Gasteiger charge is -2.34. The normalized spacial score (nSPS) is 18.0. The van der Waals surface area contributed by atoms with E-state index in [-0.39, 0.29) is 61.9 Å². The minimum Gasteiger partial charge on any atom is -0.351 e. The van der Waals surface area contributed by atoms with Gasteiger partial charge in [-0.15, -0.1) is 0 Å². The molecule has 1 heterocycles. The average molecular weight is 645 g/mol. The molecule has 0 aliphatic carbocycles. The van der Waals surface area contributed by atoms with Gasteiger partial charge in [-0.25, -0.2) is 8.42 Å². The summed E-state index contributed by atoms with van der Waals surface area (Å²) < 4.78 is 68.1. The Morgan fingerprint density at radius 3 is 2.29 bits per heavy atom. The Bertz CT molecular complexity index is 1600. The molecule has 0 spiro atoms. The largest absolute Gasteiger partial charge is 0.416 e. The first-order chi connectivity index (χ1) is 21.3. The van der Waals surface area contributed by atoms with E-state index in [9.17, 15) is 36.0 Å². The van der Waals surface area contributed by atoms with Gasteiger partial charge in [0.15, 0.2) is 0 Å². The predicted octanol–water partition coefficient (Wildman–Crippen LogP) is 4.29. The van der Waals surface area contributed by atoms with Crippen LogP contribution in [0.5, 0.6) is 0 Å². The van der Waals surface area contributed by atoms with E-state index in [0.29, 0.717) is 11.3 Å². The van der Waals surface area contributed by atoms with Crippen LogP contribution in [0, 0.1) is 0 Å². The molecule has 2 atom stereocenters. The van der Waals surface area contributed by atoms with Crippen molar-refractivity contribution in [1.82, 2.24) is 14.9 Å². The molecule has 0 saturated carbocycles. The van der Waals surface area contributed by atoms with Gasteiger partial charge >= 0.3 is 6.18 Å². The second-order valence-electron chi connectivity index (χ2n) is 10.8. The van der Waals surface area contributed by atoms with Crippen molar-refractivity contribution in [3.8, 4) is 0 Å². The molecule has 4 rings (SSSR count). The van der Waals surface area contributed by atoms with Gasteiger partial charge in [0, 0.05) is 38.7 Å². The Morgan fingerprint density at radius 2 is 1.62 bits per heavy atom. The van der Waals surface area contributed by atoms with Crippen LogP contribution < -0.4 is 16.0 Å². The van der Waals surface area contributed by atoms with Crippen LogP contribution in [0.15, 0.2) is 83.8 Å². The summed E-state index contributed by atoms with van der Waals surface area (Å²) in [7, 11) is -4.18. The number of rotatable bonds is 10. The number of aryl methyl sites for hydroxylation is 1.